The minimum absolute atomic E-state index is 0.148. The molecule has 7 heteroatoms. The highest BCUT2D eigenvalue weighted by atomic mass is 35.5. The lowest BCUT2D eigenvalue weighted by Gasteiger charge is -2.12. The zero-order chi connectivity index (χ0) is 18.3. The summed E-state index contributed by atoms with van der Waals surface area (Å²) in [4.78, 5) is 24.2. The third kappa shape index (κ3) is 2.78. The molecule has 25 heavy (non-hydrogen) atoms. The summed E-state index contributed by atoms with van der Waals surface area (Å²) < 4.78 is 21.5. The molecule has 0 aliphatic carbocycles. The van der Waals surface area contributed by atoms with Crippen LogP contribution in [0.15, 0.2) is 27.4 Å². The summed E-state index contributed by atoms with van der Waals surface area (Å²) in [6.45, 7) is 3.03. The van der Waals surface area contributed by atoms with Crippen LogP contribution in [0.3, 0.4) is 0 Å². The molecule has 0 unspecified atom stereocenters. The number of methoxy groups -OCH3 is 2. The predicted octanol–water partition coefficient (Wildman–Crippen LogP) is 3.85. The molecule has 0 atom stereocenters. The predicted molar refractivity (Wildman–Crippen MR) is 94.2 cm³/mol. The number of carbonyl (C=O) groups excluding carboxylic acids is 1. The van der Waals surface area contributed by atoms with E-state index in [1.165, 1.54) is 33.3 Å². The fraction of sp³-hybridized carbons (Fsp3) is 0.222. The van der Waals surface area contributed by atoms with Crippen molar-refractivity contribution < 1.29 is 23.4 Å². The van der Waals surface area contributed by atoms with Gasteiger partial charge in [-0.25, -0.2) is 0 Å². The van der Waals surface area contributed by atoms with Gasteiger partial charge in [0, 0.05) is 19.1 Å². The molecular weight excluding hydrogens is 348 g/mol. The minimum Gasteiger partial charge on any atom is -0.496 e. The van der Waals surface area contributed by atoms with Crippen LogP contribution in [0.4, 0.5) is 0 Å². The first-order chi connectivity index (χ1) is 11.9. The lowest BCUT2D eigenvalue weighted by atomic mass is 10.1. The normalized spacial score (nSPS) is 10.9. The Balaban J connectivity index is 2.48. The number of rotatable bonds is 3. The van der Waals surface area contributed by atoms with Crippen LogP contribution in [0.1, 0.15) is 12.5 Å². The Morgan fingerprint density at radius 1 is 1.08 bits per heavy atom. The van der Waals surface area contributed by atoms with E-state index in [0.717, 1.165) is 0 Å². The number of aryl methyl sites for hydroxylation is 1. The van der Waals surface area contributed by atoms with Crippen molar-refractivity contribution in [1.29, 1.82) is 0 Å². The Bertz CT molecular complexity index is 1070. The van der Waals surface area contributed by atoms with Crippen LogP contribution in [-0.2, 0) is 4.79 Å². The minimum atomic E-state index is -0.469. The molecule has 0 radical (unpaired) electrons. The van der Waals surface area contributed by atoms with Gasteiger partial charge >= 0.3 is 5.97 Å². The third-order valence-electron chi connectivity index (χ3n) is 3.79. The molecule has 6 nitrogen and oxygen atoms in total. The Kier molecular flexibility index (Phi) is 4.30. The molecule has 1 aromatic heterocycles. The molecule has 1 heterocycles. The number of hydrogen-bond donors (Lipinski definition) is 0. The van der Waals surface area contributed by atoms with Crippen LogP contribution in [0.25, 0.3) is 21.9 Å². The van der Waals surface area contributed by atoms with Gasteiger partial charge in [-0.2, -0.15) is 0 Å². The Morgan fingerprint density at radius 3 is 2.36 bits per heavy atom. The highest BCUT2D eigenvalue weighted by Gasteiger charge is 2.20. The largest absolute Gasteiger partial charge is 0.496 e. The van der Waals surface area contributed by atoms with E-state index in [2.05, 4.69) is 0 Å². The van der Waals surface area contributed by atoms with Crippen molar-refractivity contribution >= 4 is 39.5 Å². The lowest BCUT2D eigenvalue weighted by molar-refractivity contribution is -0.131. The van der Waals surface area contributed by atoms with Gasteiger partial charge in [0.25, 0.3) is 0 Å². The molecule has 3 rings (SSSR count). The van der Waals surface area contributed by atoms with Crippen molar-refractivity contribution in [1.82, 2.24) is 0 Å². The average Bonchev–Trinajstić information content (AvgIpc) is 2.54. The molecule has 0 spiro atoms. The summed E-state index contributed by atoms with van der Waals surface area (Å²) >= 11 is 6.31. The monoisotopic (exact) mass is 362 g/mol. The number of hydrogen-bond acceptors (Lipinski definition) is 6. The second kappa shape index (κ2) is 6.29. The summed E-state index contributed by atoms with van der Waals surface area (Å²) in [5, 5.41) is 0.750. The van der Waals surface area contributed by atoms with E-state index in [1.807, 2.05) is 0 Å². The second-order valence-electron chi connectivity index (χ2n) is 5.44. The first-order valence-corrected chi connectivity index (χ1v) is 7.75. The first kappa shape index (κ1) is 17.1. The number of carbonyl (C=O) groups is 1. The average molecular weight is 363 g/mol. The van der Waals surface area contributed by atoms with E-state index >= 15 is 0 Å². The van der Waals surface area contributed by atoms with Crippen molar-refractivity contribution in [3.63, 3.8) is 0 Å². The fourth-order valence-electron chi connectivity index (χ4n) is 2.76. The maximum Gasteiger partial charge on any atom is 0.308 e. The van der Waals surface area contributed by atoms with Crippen LogP contribution < -0.4 is 19.6 Å². The van der Waals surface area contributed by atoms with Gasteiger partial charge in [0.2, 0.25) is 5.43 Å². The van der Waals surface area contributed by atoms with Crippen molar-refractivity contribution in [2.24, 2.45) is 0 Å². The Labute approximate surface area is 147 Å². The molecule has 0 fully saturated rings. The summed E-state index contributed by atoms with van der Waals surface area (Å²) in [6.07, 6.45) is 0. The molecular formula is C18H15ClO6. The zero-order valence-corrected chi connectivity index (χ0v) is 14.8. The van der Waals surface area contributed by atoms with Crippen LogP contribution in [0.5, 0.6) is 17.2 Å². The highest BCUT2D eigenvalue weighted by molar-refractivity contribution is 6.36. The molecule has 0 aliphatic rings. The van der Waals surface area contributed by atoms with Gasteiger partial charge in [0.05, 0.1) is 19.6 Å². The Morgan fingerprint density at radius 2 is 1.76 bits per heavy atom. The standard InChI is InChI=1S/C18H15ClO6/c1-8-5-10(24-9(2)20)6-12-14(8)17(21)15-11(22-3)7-13(23-4)16(19)18(15)25-12/h5-7H,1-4H3. The van der Waals surface area contributed by atoms with Crippen LogP contribution in [-0.4, -0.2) is 20.2 Å². The second-order valence-corrected chi connectivity index (χ2v) is 5.82. The van der Waals surface area contributed by atoms with Gasteiger partial charge < -0.3 is 18.6 Å². The number of fused-ring (bicyclic) bond motifs is 2. The van der Waals surface area contributed by atoms with Crippen molar-refractivity contribution in [3.8, 4) is 17.2 Å². The van der Waals surface area contributed by atoms with Gasteiger partial charge in [-0.1, -0.05) is 11.6 Å². The van der Waals surface area contributed by atoms with E-state index in [9.17, 15) is 9.59 Å². The van der Waals surface area contributed by atoms with Crippen molar-refractivity contribution in [2.45, 2.75) is 13.8 Å². The summed E-state index contributed by atoms with van der Waals surface area (Å²) in [6, 6.07) is 4.62. The molecule has 2 aromatic carbocycles. The molecule has 3 aromatic rings. The molecule has 0 bridgehead atoms. The molecule has 0 N–H and O–H groups in total. The summed E-state index contributed by atoms with van der Waals surface area (Å²) in [5.41, 5.74) is 0.726. The molecule has 0 saturated heterocycles. The number of halogens is 1. The van der Waals surface area contributed by atoms with E-state index in [4.69, 9.17) is 30.2 Å². The summed E-state index contributed by atoms with van der Waals surface area (Å²) in [7, 11) is 2.90. The van der Waals surface area contributed by atoms with Gasteiger partial charge in [-0.05, 0) is 18.6 Å². The lowest BCUT2D eigenvalue weighted by Crippen LogP contribution is -2.08. The number of esters is 1. The zero-order valence-electron chi connectivity index (χ0n) is 14.1. The Hall–Kier alpha value is -2.73. The highest BCUT2D eigenvalue weighted by Crippen LogP contribution is 2.39. The van der Waals surface area contributed by atoms with Gasteiger partial charge in [0.15, 0.2) is 5.58 Å². The third-order valence-corrected chi connectivity index (χ3v) is 4.15. The van der Waals surface area contributed by atoms with Gasteiger partial charge in [0.1, 0.15) is 33.2 Å². The summed E-state index contributed by atoms with van der Waals surface area (Å²) in [5.74, 6) is 0.436. The van der Waals surface area contributed by atoms with E-state index in [1.54, 1.807) is 13.0 Å². The molecule has 0 saturated carbocycles. The van der Waals surface area contributed by atoms with Crippen LogP contribution in [0.2, 0.25) is 5.02 Å². The van der Waals surface area contributed by atoms with E-state index < -0.39 is 5.97 Å². The maximum absolute atomic E-state index is 13.0. The van der Waals surface area contributed by atoms with E-state index in [0.29, 0.717) is 22.4 Å². The molecule has 0 amide bonds. The van der Waals surface area contributed by atoms with Crippen LogP contribution in [0, 0.1) is 6.92 Å². The SMILES string of the molecule is COc1cc(OC)c2c(=O)c3c(C)cc(OC(C)=O)cc3oc2c1Cl. The number of benzene rings is 2. The van der Waals surface area contributed by atoms with Crippen molar-refractivity contribution in [3.05, 3.63) is 39.0 Å². The topological polar surface area (TPSA) is 75.0 Å². The smallest absolute Gasteiger partial charge is 0.308 e. The van der Waals surface area contributed by atoms with Gasteiger partial charge in [-0.3, -0.25) is 9.59 Å². The van der Waals surface area contributed by atoms with Crippen molar-refractivity contribution in [2.75, 3.05) is 14.2 Å². The van der Waals surface area contributed by atoms with Crippen LogP contribution >= 0.6 is 11.6 Å². The van der Waals surface area contributed by atoms with E-state index in [-0.39, 0.29) is 32.8 Å². The molecule has 0 aliphatic heterocycles. The van der Waals surface area contributed by atoms with Gasteiger partial charge in [-0.15, -0.1) is 0 Å². The fourth-order valence-corrected chi connectivity index (χ4v) is 3.03. The first-order valence-electron chi connectivity index (χ1n) is 7.37. The molecule has 130 valence electrons. The maximum atomic E-state index is 13.0. The number of ether oxygens (including phenoxy) is 3. The quantitative estimate of drug-likeness (QED) is 0.400.